The van der Waals surface area contributed by atoms with E-state index in [1.807, 2.05) is 75.4 Å². The van der Waals surface area contributed by atoms with Crippen LogP contribution in [-0.2, 0) is 13.6 Å². The Morgan fingerprint density at radius 1 is 0.864 bits per heavy atom. The fraction of sp³-hybridized carbons (Fsp3) is 0.333. The maximum absolute atomic E-state index is 13.4. The molecule has 0 amide bonds. The normalized spacial score (nSPS) is 13.0. The van der Waals surface area contributed by atoms with Crippen LogP contribution in [-0.4, -0.2) is 13.2 Å². The van der Waals surface area contributed by atoms with Crippen LogP contribution in [0.4, 0.5) is 0 Å². The summed E-state index contributed by atoms with van der Waals surface area (Å²) in [6, 6.07) is 17.8. The van der Waals surface area contributed by atoms with Gasteiger partial charge in [0.15, 0.2) is 0 Å². The maximum Gasteiger partial charge on any atom is 0.342 e. The van der Waals surface area contributed by atoms with Gasteiger partial charge in [-0.15, -0.1) is 0 Å². The minimum Gasteiger partial charge on any atom is -0.308 e. The van der Waals surface area contributed by atoms with Crippen molar-refractivity contribution in [3.63, 3.8) is 0 Å². The van der Waals surface area contributed by atoms with Gasteiger partial charge < -0.3 is 9.05 Å². The molecule has 2 aromatic carbocycles. The number of rotatable bonds is 7. The Hall–Kier alpha value is -1.41. The molecule has 0 saturated carbocycles. The largest absolute Gasteiger partial charge is 0.342 e. The molecule has 1 atom stereocenters. The number of benzene rings is 2. The van der Waals surface area contributed by atoms with E-state index in [1.54, 1.807) is 0 Å². The second-order valence-electron chi connectivity index (χ2n) is 5.10. The van der Waals surface area contributed by atoms with Crippen molar-refractivity contribution < 1.29 is 13.6 Å². The number of hydrogen-bond donors (Lipinski definition) is 0. The smallest absolute Gasteiger partial charge is 0.308 e. The molecule has 0 spiro atoms. The van der Waals surface area contributed by atoms with Crippen LogP contribution in [0.2, 0.25) is 0 Å². The maximum atomic E-state index is 13.4. The van der Waals surface area contributed by atoms with Gasteiger partial charge in [0.2, 0.25) is 0 Å². The highest BCUT2D eigenvalue weighted by Gasteiger charge is 2.37. The van der Waals surface area contributed by atoms with E-state index in [0.29, 0.717) is 13.2 Å². The van der Waals surface area contributed by atoms with E-state index in [0.717, 1.165) is 11.1 Å². The lowest BCUT2D eigenvalue weighted by molar-refractivity contribution is 0.215. The zero-order valence-corrected chi connectivity index (χ0v) is 14.3. The zero-order valence-electron chi connectivity index (χ0n) is 13.4. The zero-order chi connectivity index (χ0) is 16.0. The minimum atomic E-state index is -3.29. The molecule has 1 unspecified atom stereocenters. The van der Waals surface area contributed by atoms with Gasteiger partial charge in [0.25, 0.3) is 0 Å². The van der Waals surface area contributed by atoms with Gasteiger partial charge in [-0.25, -0.2) is 0 Å². The summed E-state index contributed by atoms with van der Waals surface area (Å²) in [7, 11) is -3.29. The van der Waals surface area contributed by atoms with E-state index in [-0.39, 0.29) is 0 Å². The molecular formula is C18H23O3P. The number of aryl methyl sites for hydroxylation is 1. The molecule has 22 heavy (non-hydrogen) atoms. The van der Waals surface area contributed by atoms with Crippen molar-refractivity contribution in [3.8, 4) is 0 Å². The Bertz CT molecular complexity index is 613. The Kier molecular flexibility index (Phi) is 5.96. The fourth-order valence-electron chi connectivity index (χ4n) is 2.49. The Labute approximate surface area is 132 Å². The van der Waals surface area contributed by atoms with Crippen molar-refractivity contribution in [2.24, 2.45) is 0 Å². The molecule has 0 radical (unpaired) electrons. The minimum absolute atomic E-state index is 0.354. The molecule has 3 nitrogen and oxygen atoms in total. The molecule has 0 fully saturated rings. The molecule has 4 heteroatoms. The quantitative estimate of drug-likeness (QED) is 0.645. The van der Waals surface area contributed by atoms with Crippen LogP contribution in [0.15, 0.2) is 54.6 Å². The van der Waals surface area contributed by atoms with Gasteiger partial charge >= 0.3 is 7.60 Å². The molecule has 0 bridgehead atoms. The van der Waals surface area contributed by atoms with E-state index in [9.17, 15) is 4.57 Å². The van der Waals surface area contributed by atoms with Crippen molar-refractivity contribution in [2.75, 3.05) is 13.2 Å². The molecule has 2 aromatic rings. The molecule has 0 saturated heterocycles. The second kappa shape index (κ2) is 7.73. The van der Waals surface area contributed by atoms with Crippen molar-refractivity contribution in [3.05, 3.63) is 71.3 Å². The summed E-state index contributed by atoms with van der Waals surface area (Å²) in [5.41, 5.74) is 2.64. The van der Waals surface area contributed by atoms with E-state index in [1.165, 1.54) is 5.56 Å². The predicted octanol–water partition coefficient (Wildman–Crippen LogP) is 5.35. The molecule has 0 heterocycles. The first kappa shape index (κ1) is 17.0. The van der Waals surface area contributed by atoms with E-state index >= 15 is 0 Å². The summed E-state index contributed by atoms with van der Waals surface area (Å²) in [5.74, 6) is 0. The first-order valence-electron chi connectivity index (χ1n) is 7.61. The van der Waals surface area contributed by atoms with Gasteiger partial charge in [-0.2, -0.15) is 0 Å². The van der Waals surface area contributed by atoms with Gasteiger partial charge in [-0.1, -0.05) is 60.2 Å². The van der Waals surface area contributed by atoms with Gasteiger partial charge in [0.1, 0.15) is 5.66 Å². The molecule has 0 N–H and O–H groups in total. The van der Waals surface area contributed by atoms with Crippen LogP contribution in [0.1, 0.15) is 36.2 Å². The summed E-state index contributed by atoms with van der Waals surface area (Å²) in [4.78, 5) is 0. The van der Waals surface area contributed by atoms with Crippen LogP contribution in [0.25, 0.3) is 0 Å². The van der Waals surface area contributed by atoms with Gasteiger partial charge in [-0.3, -0.25) is 4.57 Å². The molecule has 118 valence electrons. The van der Waals surface area contributed by atoms with Crippen molar-refractivity contribution in [1.82, 2.24) is 0 Å². The van der Waals surface area contributed by atoms with Crippen LogP contribution >= 0.6 is 7.60 Å². The standard InChI is InChI=1S/C18H23O3P/c1-4-20-22(19,21-5-2)18(16-9-7-6-8-10-16)17-13-11-15(3)12-14-17/h6-14,18H,4-5H2,1-3H3. The average Bonchev–Trinajstić information content (AvgIpc) is 2.51. The van der Waals surface area contributed by atoms with Crippen LogP contribution in [0, 0.1) is 6.92 Å². The molecule has 0 aliphatic carbocycles. The Morgan fingerprint density at radius 2 is 1.36 bits per heavy atom. The third kappa shape index (κ3) is 3.86. The van der Waals surface area contributed by atoms with Crippen molar-refractivity contribution in [2.45, 2.75) is 26.4 Å². The van der Waals surface area contributed by atoms with Crippen LogP contribution < -0.4 is 0 Å². The van der Waals surface area contributed by atoms with Gasteiger partial charge in [0, 0.05) is 0 Å². The Balaban J connectivity index is 2.54. The highest BCUT2D eigenvalue weighted by Crippen LogP contribution is 2.63. The number of hydrogen-bond acceptors (Lipinski definition) is 3. The molecule has 0 aliphatic heterocycles. The monoisotopic (exact) mass is 318 g/mol. The van der Waals surface area contributed by atoms with E-state index in [4.69, 9.17) is 9.05 Å². The van der Waals surface area contributed by atoms with Crippen molar-refractivity contribution >= 4 is 7.60 Å². The summed E-state index contributed by atoms with van der Waals surface area (Å²) in [6.45, 7) is 6.41. The summed E-state index contributed by atoms with van der Waals surface area (Å²) < 4.78 is 24.6. The lowest BCUT2D eigenvalue weighted by Gasteiger charge is -2.27. The van der Waals surface area contributed by atoms with Gasteiger partial charge in [0.05, 0.1) is 13.2 Å². The fourth-order valence-corrected chi connectivity index (χ4v) is 4.65. The highest BCUT2D eigenvalue weighted by atomic mass is 31.2. The van der Waals surface area contributed by atoms with Crippen LogP contribution in [0.5, 0.6) is 0 Å². The Morgan fingerprint density at radius 3 is 1.86 bits per heavy atom. The molecular weight excluding hydrogens is 295 g/mol. The first-order valence-corrected chi connectivity index (χ1v) is 9.22. The first-order chi connectivity index (χ1) is 10.6. The third-order valence-electron chi connectivity index (χ3n) is 3.44. The average molecular weight is 318 g/mol. The second-order valence-corrected chi connectivity index (χ2v) is 7.21. The predicted molar refractivity (Wildman–Crippen MR) is 90.3 cm³/mol. The van der Waals surface area contributed by atoms with Crippen LogP contribution in [0.3, 0.4) is 0 Å². The third-order valence-corrected chi connectivity index (χ3v) is 5.91. The van der Waals surface area contributed by atoms with E-state index < -0.39 is 13.3 Å². The van der Waals surface area contributed by atoms with Gasteiger partial charge in [-0.05, 0) is 31.9 Å². The molecule has 2 rings (SSSR count). The highest BCUT2D eigenvalue weighted by molar-refractivity contribution is 7.54. The van der Waals surface area contributed by atoms with E-state index in [2.05, 4.69) is 0 Å². The lowest BCUT2D eigenvalue weighted by Crippen LogP contribution is -2.08. The lowest BCUT2D eigenvalue weighted by atomic mass is 10.0. The molecule has 0 aliphatic rings. The SMILES string of the molecule is CCOP(=O)(OCC)C(c1ccccc1)c1ccc(C)cc1. The summed E-state index contributed by atoms with van der Waals surface area (Å²) >= 11 is 0. The summed E-state index contributed by atoms with van der Waals surface area (Å²) in [6.07, 6.45) is 0. The summed E-state index contributed by atoms with van der Waals surface area (Å²) in [5, 5.41) is 0. The van der Waals surface area contributed by atoms with Crippen molar-refractivity contribution in [1.29, 1.82) is 0 Å². The molecule has 0 aromatic heterocycles. The topological polar surface area (TPSA) is 35.5 Å².